The van der Waals surface area contributed by atoms with Crippen molar-refractivity contribution in [2.75, 3.05) is 5.32 Å². The number of rotatable bonds is 3. The lowest BCUT2D eigenvalue weighted by atomic mass is 9.53. The van der Waals surface area contributed by atoms with Crippen LogP contribution >= 0.6 is 11.6 Å². The van der Waals surface area contributed by atoms with Gasteiger partial charge < -0.3 is 10.4 Å². The molecule has 1 aromatic rings. The zero-order chi connectivity index (χ0) is 14.6. The maximum Gasteiger partial charge on any atom is 0.337 e. The third-order valence-corrected chi connectivity index (χ3v) is 5.82. The highest BCUT2D eigenvalue weighted by atomic mass is 35.5. The van der Waals surface area contributed by atoms with Crippen LogP contribution in [0.25, 0.3) is 0 Å². The van der Waals surface area contributed by atoms with Gasteiger partial charge in [-0.05, 0) is 62.3 Å². The van der Waals surface area contributed by atoms with Crippen LogP contribution in [0.3, 0.4) is 0 Å². The molecule has 0 spiro atoms. The molecular weight excluding hydrogens is 288 g/mol. The summed E-state index contributed by atoms with van der Waals surface area (Å²) in [6.45, 7) is 0. The van der Waals surface area contributed by atoms with Gasteiger partial charge in [0.25, 0.3) is 0 Å². The van der Waals surface area contributed by atoms with Crippen LogP contribution < -0.4 is 5.32 Å². The van der Waals surface area contributed by atoms with Crippen molar-refractivity contribution in [3.8, 4) is 0 Å². The molecule has 5 rings (SSSR count). The number of aromatic carboxylic acids is 1. The van der Waals surface area contributed by atoms with Crippen LogP contribution in [0.4, 0.5) is 5.82 Å². The summed E-state index contributed by atoms with van der Waals surface area (Å²) in [6, 6.07) is 1.57. The van der Waals surface area contributed by atoms with Gasteiger partial charge in [0.2, 0.25) is 0 Å². The Bertz CT molecular complexity index is 567. The van der Waals surface area contributed by atoms with Gasteiger partial charge in [0.1, 0.15) is 5.82 Å². The molecule has 4 nitrogen and oxygen atoms in total. The fraction of sp³-hybridized carbons (Fsp3) is 0.625. The van der Waals surface area contributed by atoms with Crippen LogP contribution in [0.2, 0.25) is 5.02 Å². The normalized spacial score (nSPS) is 36.7. The molecule has 0 radical (unpaired) electrons. The Balaban J connectivity index is 1.61. The maximum atomic E-state index is 11.2. The van der Waals surface area contributed by atoms with Crippen LogP contribution in [-0.2, 0) is 0 Å². The van der Waals surface area contributed by atoms with Gasteiger partial charge in [-0.25, -0.2) is 9.78 Å². The van der Waals surface area contributed by atoms with E-state index in [0.29, 0.717) is 5.82 Å². The van der Waals surface area contributed by atoms with Gasteiger partial charge >= 0.3 is 5.97 Å². The average Bonchev–Trinajstić information content (AvgIpc) is 2.38. The van der Waals surface area contributed by atoms with Crippen LogP contribution in [0.5, 0.6) is 0 Å². The summed E-state index contributed by atoms with van der Waals surface area (Å²) in [4.78, 5) is 15.5. The highest BCUT2D eigenvalue weighted by Crippen LogP contribution is 2.56. The Hall–Kier alpha value is -1.29. The fourth-order valence-electron chi connectivity index (χ4n) is 5.21. The molecule has 0 aromatic carbocycles. The zero-order valence-electron chi connectivity index (χ0n) is 11.8. The average molecular weight is 307 g/mol. The van der Waals surface area contributed by atoms with E-state index in [1.54, 1.807) is 6.07 Å². The Morgan fingerprint density at radius 3 is 2.33 bits per heavy atom. The Morgan fingerprint density at radius 1 is 1.24 bits per heavy atom. The van der Waals surface area contributed by atoms with Crippen molar-refractivity contribution in [1.29, 1.82) is 0 Å². The first-order valence-electron chi connectivity index (χ1n) is 7.70. The van der Waals surface area contributed by atoms with Gasteiger partial charge in [0, 0.05) is 11.7 Å². The molecular formula is C16H19ClN2O2. The topological polar surface area (TPSA) is 62.2 Å². The minimum absolute atomic E-state index is 0.124. The molecule has 4 fully saturated rings. The molecule has 1 aromatic heterocycles. The van der Waals surface area contributed by atoms with Gasteiger partial charge in [0.05, 0.1) is 10.6 Å². The summed E-state index contributed by atoms with van der Waals surface area (Å²) in [5, 5.41) is 12.9. The second-order valence-corrected chi connectivity index (χ2v) is 7.58. The molecule has 0 saturated heterocycles. The third-order valence-electron chi connectivity index (χ3n) is 5.52. The van der Waals surface area contributed by atoms with Gasteiger partial charge in [-0.15, -0.1) is 0 Å². The zero-order valence-corrected chi connectivity index (χ0v) is 12.6. The molecule has 4 aliphatic rings. The molecule has 4 saturated carbocycles. The van der Waals surface area contributed by atoms with Crippen LogP contribution in [-0.4, -0.2) is 21.6 Å². The number of carboxylic acid groups (broad SMARTS) is 1. The van der Waals surface area contributed by atoms with Gasteiger partial charge in [-0.2, -0.15) is 0 Å². The van der Waals surface area contributed by atoms with E-state index in [9.17, 15) is 9.90 Å². The summed E-state index contributed by atoms with van der Waals surface area (Å²) < 4.78 is 0. The van der Waals surface area contributed by atoms with E-state index in [1.165, 1.54) is 44.7 Å². The van der Waals surface area contributed by atoms with Crippen LogP contribution in [0.15, 0.2) is 12.3 Å². The van der Waals surface area contributed by atoms with Crippen LogP contribution in [0.1, 0.15) is 48.9 Å². The van der Waals surface area contributed by atoms with Crippen molar-refractivity contribution < 1.29 is 9.90 Å². The number of nitrogens with zero attached hydrogens (tertiary/aromatic N) is 1. The van der Waals surface area contributed by atoms with Gasteiger partial charge in [-0.1, -0.05) is 11.6 Å². The number of hydrogen-bond acceptors (Lipinski definition) is 3. The molecule has 4 bridgehead atoms. The molecule has 2 N–H and O–H groups in total. The number of halogens is 1. The molecule has 21 heavy (non-hydrogen) atoms. The smallest absolute Gasteiger partial charge is 0.337 e. The first-order chi connectivity index (χ1) is 10.0. The highest BCUT2D eigenvalue weighted by molar-refractivity contribution is 6.33. The van der Waals surface area contributed by atoms with E-state index in [4.69, 9.17) is 11.6 Å². The molecule has 0 aliphatic heterocycles. The number of anilines is 1. The van der Waals surface area contributed by atoms with Crippen molar-refractivity contribution in [3.63, 3.8) is 0 Å². The molecule has 1 heterocycles. The highest BCUT2D eigenvalue weighted by Gasteiger charge is 2.51. The van der Waals surface area contributed by atoms with Gasteiger partial charge in [0.15, 0.2) is 0 Å². The lowest BCUT2D eigenvalue weighted by Crippen LogP contribution is -2.54. The molecule has 4 aliphatic carbocycles. The second-order valence-electron chi connectivity index (χ2n) is 7.18. The lowest BCUT2D eigenvalue weighted by molar-refractivity contribution is 0.0105. The molecule has 0 amide bonds. The molecule has 112 valence electrons. The minimum Gasteiger partial charge on any atom is -0.478 e. The number of carboxylic acids is 1. The van der Waals surface area contributed by atoms with E-state index < -0.39 is 5.97 Å². The second kappa shape index (κ2) is 4.60. The van der Waals surface area contributed by atoms with Crippen molar-refractivity contribution in [1.82, 2.24) is 4.98 Å². The predicted octanol–water partition coefficient (Wildman–Crippen LogP) is 3.81. The number of hydrogen-bond donors (Lipinski definition) is 2. The number of aromatic nitrogens is 1. The van der Waals surface area contributed by atoms with Crippen molar-refractivity contribution in [2.24, 2.45) is 17.8 Å². The van der Waals surface area contributed by atoms with E-state index in [2.05, 4.69) is 10.3 Å². The number of nitrogens with one attached hydrogen (secondary N) is 1. The quantitative estimate of drug-likeness (QED) is 0.891. The summed E-state index contributed by atoms with van der Waals surface area (Å²) in [5.41, 5.74) is 0.254. The van der Waals surface area contributed by atoms with E-state index in [0.717, 1.165) is 17.8 Å². The summed E-state index contributed by atoms with van der Waals surface area (Å²) in [5.74, 6) is 2.18. The standard InChI is InChI=1S/C16H19ClN2O2/c17-13-8-18-14(4-12(13)15(20)21)19-16-5-9-1-10(6-16)3-11(2-9)7-16/h4,8-11H,1-3,5-7H2,(H,18,19)(H,20,21). The Kier molecular flexibility index (Phi) is 2.93. The summed E-state index contributed by atoms with van der Waals surface area (Å²) >= 11 is 5.90. The third kappa shape index (κ3) is 2.30. The first kappa shape index (κ1) is 13.4. The van der Waals surface area contributed by atoms with E-state index in [-0.39, 0.29) is 16.1 Å². The Labute approximate surface area is 128 Å². The first-order valence-corrected chi connectivity index (χ1v) is 8.08. The minimum atomic E-state index is -1.00. The van der Waals surface area contributed by atoms with Crippen molar-refractivity contribution in [3.05, 3.63) is 22.8 Å². The lowest BCUT2D eigenvalue weighted by Gasteiger charge is -2.57. The van der Waals surface area contributed by atoms with E-state index in [1.807, 2.05) is 0 Å². The SMILES string of the molecule is O=C(O)c1cc(NC23CC4CC(CC(C4)C2)C3)ncc1Cl. The Morgan fingerprint density at radius 2 is 1.81 bits per heavy atom. The van der Waals surface area contributed by atoms with Crippen molar-refractivity contribution in [2.45, 2.75) is 44.1 Å². The number of carbonyl (C=O) groups is 1. The molecule has 0 atom stereocenters. The fourth-order valence-corrected chi connectivity index (χ4v) is 5.39. The predicted molar refractivity (Wildman–Crippen MR) is 80.7 cm³/mol. The summed E-state index contributed by atoms with van der Waals surface area (Å²) in [6.07, 6.45) is 9.19. The molecule has 5 heteroatoms. The summed E-state index contributed by atoms with van der Waals surface area (Å²) in [7, 11) is 0. The van der Waals surface area contributed by atoms with Crippen LogP contribution in [0, 0.1) is 17.8 Å². The van der Waals surface area contributed by atoms with Crippen molar-refractivity contribution >= 4 is 23.4 Å². The maximum absolute atomic E-state index is 11.2. The monoisotopic (exact) mass is 306 g/mol. The molecule has 0 unspecified atom stereocenters. The van der Waals surface area contributed by atoms with Gasteiger partial charge in [-0.3, -0.25) is 0 Å². The van der Waals surface area contributed by atoms with E-state index >= 15 is 0 Å². The largest absolute Gasteiger partial charge is 0.478 e. The number of pyridine rings is 1.